The molecule has 3 aromatic heterocycles. The van der Waals surface area contributed by atoms with Crippen LogP contribution in [0.1, 0.15) is 66.0 Å². The minimum absolute atomic E-state index is 0.00547. The van der Waals surface area contributed by atoms with E-state index in [2.05, 4.69) is 54.7 Å². The Kier molecular flexibility index (Phi) is 6.72. The van der Waals surface area contributed by atoms with Crippen molar-refractivity contribution in [3.05, 3.63) is 24.4 Å². The predicted octanol–water partition coefficient (Wildman–Crippen LogP) is 5.49. The molecule has 9 heteroatoms. The van der Waals surface area contributed by atoms with E-state index >= 15 is 0 Å². The third-order valence-corrected chi connectivity index (χ3v) is 7.81. The minimum atomic E-state index is -0.0967. The minimum Gasteiger partial charge on any atom is -0.381 e. The van der Waals surface area contributed by atoms with Crippen LogP contribution in [0.5, 0.6) is 0 Å². The molecule has 2 aliphatic heterocycles. The summed E-state index contributed by atoms with van der Waals surface area (Å²) in [6, 6.07) is 6.70. The Balaban J connectivity index is 1.48. The van der Waals surface area contributed by atoms with Gasteiger partial charge in [0.1, 0.15) is 5.82 Å². The Morgan fingerprint density at radius 2 is 1.97 bits per heavy atom. The van der Waals surface area contributed by atoms with Crippen LogP contribution in [0.15, 0.2) is 24.4 Å². The first-order valence-electron chi connectivity index (χ1n) is 12.7. The van der Waals surface area contributed by atoms with Gasteiger partial charge in [-0.2, -0.15) is 5.10 Å². The molecule has 1 atom stereocenters. The maximum atomic E-state index is 11.7. The molecule has 0 radical (unpaired) electrons. The van der Waals surface area contributed by atoms with Crippen molar-refractivity contribution in [3.63, 3.8) is 0 Å². The second-order valence-corrected chi connectivity index (χ2v) is 11.7. The number of rotatable bonds is 5. The number of likely N-dealkylation sites (tertiary alicyclic amines) is 1. The third kappa shape index (κ3) is 5.46. The molecule has 0 aliphatic carbocycles. The number of carbonyl (C=O) groups is 1. The molecule has 1 unspecified atom stereocenters. The number of amides is 1. The average molecular weight is 497 g/mol. The molecule has 5 heterocycles. The van der Waals surface area contributed by atoms with Crippen molar-refractivity contribution in [1.29, 1.82) is 0 Å². The van der Waals surface area contributed by atoms with E-state index in [-0.39, 0.29) is 17.7 Å². The van der Waals surface area contributed by atoms with E-state index in [4.69, 9.17) is 9.72 Å². The lowest BCUT2D eigenvalue weighted by molar-refractivity contribution is -0.129. The lowest BCUT2D eigenvalue weighted by Gasteiger charge is -2.32. The second-order valence-electron chi connectivity index (χ2n) is 10.7. The number of nitrogens with one attached hydrogen (secondary N) is 2. The second kappa shape index (κ2) is 9.78. The van der Waals surface area contributed by atoms with E-state index in [1.807, 2.05) is 15.8 Å². The van der Waals surface area contributed by atoms with E-state index < -0.39 is 0 Å². The van der Waals surface area contributed by atoms with Gasteiger partial charge in [-0.1, -0.05) is 0 Å². The smallest absolute Gasteiger partial charge is 0.219 e. The molecule has 5 rings (SSSR count). The number of pyridine rings is 1. The summed E-state index contributed by atoms with van der Waals surface area (Å²) < 4.78 is 9.20. The number of fused-ring (bicyclic) bond motifs is 1. The fourth-order valence-electron chi connectivity index (χ4n) is 4.92. The van der Waals surface area contributed by atoms with Crippen LogP contribution in [0.4, 0.5) is 11.5 Å². The van der Waals surface area contributed by atoms with Gasteiger partial charge in [0, 0.05) is 50.5 Å². The maximum Gasteiger partial charge on any atom is 0.219 e. The van der Waals surface area contributed by atoms with Crippen molar-refractivity contribution < 1.29 is 9.53 Å². The number of nitrogens with zero attached hydrogens (tertiary/aromatic N) is 4. The molecule has 0 bridgehead atoms. The van der Waals surface area contributed by atoms with Crippen LogP contribution < -0.4 is 10.6 Å². The highest BCUT2D eigenvalue weighted by Crippen LogP contribution is 2.40. The Hall–Kier alpha value is -2.65. The number of ether oxygens (including phenoxy) is 1. The van der Waals surface area contributed by atoms with Gasteiger partial charge in [-0.3, -0.25) is 4.79 Å². The van der Waals surface area contributed by atoms with Crippen molar-refractivity contribution >= 4 is 39.0 Å². The maximum absolute atomic E-state index is 11.7. The highest BCUT2D eigenvalue weighted by molar-refractivity contribution is 7.22. The average Bonchev–Trinajstić information content (AvgIpc) is 3.46. The molecule has 2 saturated heterocycles. The summed E-state index contributed by atoms with van der Waals surface area (Å²) in [4.78, 5) is 19.8. The van der Waals surface area contributed by atoms with Gasteiger partial charge in [-0.25, -0.2) is 9.67 Å². The monoisotopic (exact) mass is 496 g/mol. The first-order chi connectivity index (χ1) is 16.8. The Bertz CT molecular complexity index is 1180. The van der Waals surface area contributed by atoms with Crippen molar-refractivity contribution in [2.75, 3.05) is 30.3 Å². The largest absolute Gasteiger partial charge is 0.381 e. The fourth-order valence-corrected chi connectivity index (χ4v) is 6.01. The summed E-state index contributed by atoms with van der Waals surface area (Å²) in [5.74, 6) is 1.02. The summed E-state index contributed by atoms with van der Waals surface area (Å²) in [6.45, 7) is 10.5. The zero-order valence-corrected chi connectivity index (χ0v) is 22.0. The highest BCUT2D eigenvalue weighted by atomic mass is 32.1. The molecule has 1 amide bonds. The zero-order valence-electron chi connectivity index (χ0n) is 21.1. The number of hydrogen-bond acceptors (Lipinski definition) is 7. The van der Waals surface area contributed by atoms with Crippen molar-refractivity contribution in [3.8, 4) is 10.6 Å². The summed E-state index contributed by atoms with van der Waals surface area (Å²) in [5, 5.41) is 11.9. The van der Waals surface area contributed by atoms with Crippen LogP contribution in [0, 0.1) is 0 Å². The van der Waals surface area contributed by atoms with E-state index in [1.165, 1.54) is 0 Å². The summed E-state index contributed by atoms with van der Waals surface area (Å²) in [7, 11) is 0. The topological polar surface area (TPSA) is 84.3 Å². The van der Waals surface area contributed by atoms with Crippen LogP contribution in [0.25, 0.3) is 20.8 Å². The summed E-state index contributed by atoms with van der Waals surface area (Å²) in [6.07, 6.45) is 7.00. The van der Waals surface area contributed by atoms with Gasteiger partial charge in [0.15, 0.2) is 6.23 Å². The van der Waals surface area contributed by atoms with Crippen LogP contribution >= 0.6 is 11.3 Å². The third-order valence-electron chi connectivity index (χ3n) is 6.63. The van der Waals surface area contributed by atoms with E-state index in [0.717, 1.165) is 84.1 Å². The molecule has 3 aromatic rings. The van der Waals surface area contributed by atoms with Gasteiger partial charge in [0.05, 0.1) is 26.5 Å². The van der Waals surface area contributed by atoms with E-state index in [1.54, 1.807) is 18.3 Å². The molecule has 2 aliphatic rings. The predicted molar refractivity (Wildman–Crippen MR) is 142 cm³/mol. The van der Waals surface area contributed by atoms with Crippen LogP contribution in [0.2, 0.25) is 0 Å². The number of thiophene rings is 1. The number of hydrogen-bond donors (Lipinski definition) is 2. The molecule has 2 fully saturated rings. The van der Waals surface area contributed by atoms with Gasteiger partial charge in [-0.05, 0) is 65.0 Å². The van der Waals surface area contributed by atoms with Gasteiger partial charge >= 0.3 is 0 Å². The molecule has 188 valence electrons. The fraction of sp³-hybridized carbons (Fsp3) is 0.577. The number of piperidine rings is 1. The lowest BCUT2D eigenvalue weighted by Crippen LogP contribution is -2.41. The van der Waals surface area contributed by atoms with Gasteiger partial charge in [0.2, 0.25) is 5.91 Å². The lowest BCUT2D eigenvalue weighted by atomic mass is 10.0. The SMILES string of the molecule is CC(=O)N1CCC(Nc2cc(NC(C)(C)C)nc3cc(-c4ccnn4C4CCCCO4)sc23)CC1. The van der Waals surface area contributed by atoms with Gasteiger partial charge in [0.25, 0.3) is 0 Å². The molecular formula is C26H36N6O2S. The van der Waals surface area contributed by atoms with Crippen molar-refractivity contribution in [1.82, 2.24) is 19.7 Å². The van der Waals surface area contributed by atoms with Gasteiger partial charge < -0.3 is 20.3 Å². The molecule has 2 N–H and O–H groups in total. The Morgan fingerprint density at radius 3 is 2.66 bits per heavy atom. The van der Waals surface area contributed by atoms with Crippen LogP contribution in [-0.2, 0) is 9.53 Å². The first kappa shape index (κ1) is 24.1. The first-order valence-corrected chi connectivity index (χ1v) is 13.5. The molecule has 35 heavy (non-hydrogen) atoms. The molecule has 0 aromatic carbocycles. The van der Waals surface area contributed by atoms with Crippen LogP contribution in [-0.4, -0.2) is 56.8 Å². The quantitative estimate of drug-likeness (QED) is 0.486. The normalized spacial score (nSPS) is 19.8. The molecule has 0 spiro atoms. The highest BCUT2D eigenvalue weighted by Gasteiger charge is 2.24. The summed E-state index contributed by atoms with van der Waals surface area (Å²) >= 11 is 1.75. The number of aromatic nitrogens is 3. The molecule has 0 saturated carbocycles. The van der Waals surface area contributed by atoms with Gasteiger partial charge in [-0.15, -0.1) is 11.3 Å². The number of anilines is 2. The van der Waals surface area contributed by atoms with E-state index in [0.29, 0.717) is 6.04 Å². The molecule has 8 nitrogen and oxygen atoms in total. The number of carbonyl (C=O) groups excluding carboxylic acids is 1. The Morgan fingerprint density at radius 1 is 1.17 bits per heavy atom. The van der Waals surface area contributed by atoms with Crippen LogP contribution in [0.3, 0.4) is 0 Å². The van der Waals surface area contributed by atoms with Crippen molar-refractivity contribution in [2.24, 2.45) is 0 Å². The molecular weight excluding hydrogens is 460 g/mol. The standard InChI is InChI=1S/C26H36N6O2S/c1-17(33)31-12-9-18(10-13-31)28-20-16-23(30-26(2,3)4)29-19-15-22(35-25(19)20)21-8-11-27-32(21)24-7-5-6-14-34-24/h8,11,15-16,18,24H,5-7,9-10,12-14H2,1-4H3,(H2,28,29,30). The summed E-state index contributed by atoms with van der Waals surface area (Å²) in [5.41, 5.74) is 3.05. The van der Waals surface area contributed by atoms with Crippen molar-refractivity contribution in [2.45, 2.75) is 77.6 Å². The van der Waals surface area contributed by atoms with E-state index in [9.17, 15) is 4.79 Å². The Labute approximate surface area is 211 Å². The zero-order chi connectivity index (χ0) is 24.6.